The van der Waals surface area contributed by atoms with Crippen LogP contribution in [0, 0.1) is 12.3 Å². The van der Waals surface area contributed by atoms with E-state index in [1.165, 1.54) is 0 Å². The summed E-state index contributed by atoms with van der Waals surface area (Å²) >= 11 is 0. The van der Waals surface area contributed by atoms with Crippen LogP contribution in [0.3, 0.4) is 0 Å². The van der Waals surface area contributed by atoms with E-state index in [0.29, 0.717) is 17.3 Å². The molecule has 0 amide bonds. The minimum absolute atomic E-state index is 0.0967. The summed E-state index contributed by atoms with van der Waals surface area (Å²) in [6.07, 6.45) is 1.02. The number of nitrogen functional groups attached to an aromatic ring is 1. The van der Waals surface area contributed by atoms with Gasteiger partial charge in [0.1, 0.15) is 17.3 Å². The number of nitrogens with zero attached hydrogens (tertiary/aromatic N) is 2. The van der Waals surface area contributed by atoms with Crippen LogP contribution in [0.25, 0.3) is 0 Å². The van der Waals surface area contributed by atoms with Crippen LogP contribution in [-0.4, -0.2) is 15.8 Å². The molecule has 0 spiro atoms. The van der Waals surface area contributed by atoms with Crippen molar-refractivity contribution in [1.82, 2.24) is 9.97 Å². The number of aryl methyl sites for hydroxylation is 1. The van der Waals surface area contributed by atoms with Crippen molar-refractivity contribution in [3.8, 4) is 11.8 Å². The van der Waals surface area contributed by atoms with Crippen molar-refractivity contribution < 1.29 is 4.74 Å². The monoisotopic (exact) mass is 284 g/mol. The normalized spacial score (nSPS) is 12.0. The lowest BCUT2D eigenvalue weighted by molar-refractivity contribution is 0.430. The van der Waals surface area contributed by atoms with Crippen molar-refractivity contribution in [3.05, 3.63) is 47.3 Å². The molecular formula is C16H20N4O. The minimum Gasteiger partial charge on any atom is -0.424 e. The van der Waals surface area contributed by atoms with Gasteiger partial charge in [-0.2, -0.15) is 4.98 Å². The Labute approximate surface area is 124 Å². The van der Waals surface area contributed by atoms with Crippen molar-refractivity contribution in [1.29, 1.82) is 5.41 Å². The summed E-state index contributed by atoms with van der Waals surface area (Å²) in [6, 6.07) is 9.74. The summed E-state index contributed by atoms with van der Waals surface area (Å²) < 4.78 is 5.83. The quantitative estimate of drug-likeness (QED) is 0.651. The predicted molar refractivity (Wildman–Crippen MR) is 83.0 cm³/mol. The molecule has 1 aromatic carbocycles. The number of amidine groups is 1. The molecule has 5 heteroatoms. The van der Waals surface area contributed by atoms with Gasteiger partial charge in [-0.25, -0.2) is 4.98 Å². The van der Waals surface area contributed by atoms with Gasteiger partial charge in [-0.05, 0) is 37.0 Å². The lowest BCUT2D eigenvalue weighted by atomic mass is 9.98. The molecule has 0 fully saturated rings. The Morgan fingerprint density at radius 1 is 1.33 bits per heavy atom. The highest BCUT2D eigenvalue weighted by Crippen LogP contribution is 2.30. The maximum atomic E-state index is 7.48. The van der Waals surface area contributed by atoms with Gasteiger partial charge in [0.05, 0.1) is 0 Å². The molecule has 3 N–H and O–H groups in total. The van der Waals surface area contributed by atoms with Gasteiger partial charge in [0, 0.05) is 5.69 Å². The van der Waals surface area contributed by atoms with E-state index in [0.717, 1.165) is 17.7 Å². The van der Waals surface area contributed by atoms with Crippen molar-refractivity contribution in [2.75, 3.05) is 0 Å². The zero-order valence-corrected chi connectivity index (χ0v) is 12.6. The first-order chi connectivity index (χ1) is 10.0. The number of hydrogen-bond acceptors (Lipinski definition) is 4. The molecule has 0 aliphatic carbocycles. The van der Waals surface area contributed by atoms with Crippen LogP contribution in [-0.2, 0) is 0 Å². The highest BCUT2D eigenvalue weighted by atomic mass is 16.5. The zero-order chi connectivity index (χ0) is 15.4. The molecule has 0 bridgehead atoms. The highest BCUT2D eigenvalue weighted by molar-refractivity contribution is 5.93. The van der Waals surface area contributed by atoms with E-state index in [9.17, 15) is 0 Å². The molecule has 1 aromatic heterocycles. The van der Waals surface area contributed by atoms with Crippen LogP contribution in [0.1, 0.15) is 43.1 Å². The largest absolute Gasteiger partial charge is 0.424 e. The summed E-state index contributed by atoms with van der Waals surface area (Å²) in [6.45, 7) is 6.11. The smallest absolute Gasteiger partial charge is 0.322 e. The third-order valence-corrected chi connectivity index (χ3v) is 3.37. The molecule has 5 nitrogen and oxygen atoms in total. The number of nitrogens with one attached hydrogen (secondary N) is 1. The Morgan fingerprint density at radius 2 is 2.05 bits per heavy atom. The second-order valence-electron chi connectivity index (χ2n) is 5.04. The van der Waals surface area contributed by atoms with E-state index in [1.807, 2.05) is 31.2 Å². The Morgan fingerprint density at radius 3 is 2.71 bits per heavy atom. The molecule has 0 saturated carbocycles. The average Bonchev–Trinajstić information content (AvgIpc) is 2.46. The number of rotatable bonds is 5. The fourth-order valence-corrected chi connectivity index (χ4v) is 2.02. The molecule has 21 heavy (non-hydrogen) atoms. The van der Waals surface area contributed by atoms with Crippen molar-refractivity contribution in [2.45, 2.75) is 33.1 Å². The zero-order valence-electron chi connectivity index (χ0n) is 12.6. The Bertz CT molecular complexity index is 654. The first-order valence-corrected chi connectivity index (χ1v) is 6.98. The number of benzene rings is 1. The third kappa shape index (κ3) is 3.56. The molecule has 0 aliphatic heterocycles. The molecule has 1 atom stereocenters. The van der Waals surface area contributed by atoms with Crippen LogP contribution in [0.2, 0.25) is 0 Å². The van der Waals surface area contributed by atoms with Gasteiger partial charge < -0.3 is 10.5 Å². The fraction of sp³-hybridized carbons (Fsp3) is 0.312. The molecule has 2 rings (SSSR count). The minimum atomic E-state index is -0.0967. The molecule has 1 heterocycles. The molecule has 0 radical (unpaired) electrons. The number of hydrogen-bond donors (Lipinski definition) is 2. The summed E-state index contributed by atoms with van der Waals surface area (Å²) in [4.78, 5) is 8.42. The highest BCUT2D eigenvalue weighted by Gasteiger charge is 2.12. The van der Waals surface area contributed by atoms with Crippen LogP contribution >= 0.6 is 0 Å². The number of nitrogens with two attached hydrogens (primary N) is 1. The van der Waals surface area contributed by atoms with Gasteiger partial charge in [-0.3, -0.25) is 5.41 Å². The SMILES string of the molecule is CCC(C)c1ccccc1Oc1nc(C)cc(C(=N)N)n1. The van der Waals surface area contributed by atoms with Gasteiger partial charge in [-0.15, -0.1) is 0 Å². The number of para-hydroxylation sites is 1. The Kier molecular flexibility index (Phi) is 4.52. The molecule has 0 saturated heterocycles. The Hall–Kier alpha value is -2.43. The molecule has 110 valence electrons. The van der Waals surface area contributed by atoms with Crippen LogP contribution in [0.4, 0.5) is 0 Å². The molecule has 2 aromatic rings. The summed E-state index contributed by atoms with van der Waals surface area (Å²) in [5.74, 6) is 1.03. The maximum absolute atomic E-state index is 7.48. The van der Waals surface area contributed by atoms with Crippen molar-refractivity contribution >= 4 is 5.84 Å². The van der Waals surface area contributed by atoms with Gasteiger partial charge in [0.25, 0.3) is 0 Å². The van der Waals surface area contributed by atoms with E-state index in [4.69, 9.17) is 15.9 Å². The van der Waals surface area contributed by atoms with Crippen LogP contribution < -0.4 is 10.5 Å². The van der Waals surface area contributed by atoms with Gasteiger partial charge in [0.2, 0.25) is 0 Å². The lowest BCUT2D eigenvalue weighted by Crippen LogP contribution is -2.14. The second kappa shape index (κ2) is 6.35. The van der Waals surface area contributed by atoms with Gasteiger partial charge >= 0.3 is 6.01 Å². The molecule has 1 unspecified atom stereocenters. The van der Waals surface area contributed by atoms with Gasteiger partial charge in [0.15, 0.2) is 0 Å². The van der Waals surface area contributed by atoms with Gasteiger partial charge in [-0.1, -0.05) is 32.0 Å². The summed E-state index contributed by atoms with van der Waals surface area (Å²) in [5.41, 5.74) is 7.69. The van der Waals surface area contributed by atoms with Crippen molar-refractivity contribution in [2.24, 2.45) is 5.73 Å². The van der Waals surface area contributed by atoms with Crippen LogP contribution in [0.5, 0.6) is 11.8 Å². The number of ether oxygens (including phenoxy) is 1. The second-order valence-corrected chi connectivity index (χ2v) is 5.04. The molecular weight excluding hydrogens is 264 g/mol. The maximum Gasteiger partial charge on any atom is 0.322 e. The fourth-order valence-electron chi connectivity index (χ4n) is 2.02. The lowest BCUT2D eigenvalue weighted by Gasteiger charge is -2.14. The first-order valence-electron chi connectivity index (χ1n) is 6.98. The van der Waals surface area contributed by atoms with Crippen LogP contribution in [0.15, 0.2) is 30.3 Å². The Balaban J connectivity index is 2.36. The average molecular weight is 284 g/mol. The number of aromatic nitrogens is 2. The van der Waals surface area contributed by atoms with E-state index < -0.39 is 0 Å². The summed E-state index contributed by atoms with van der Waals surface area (Å²) in [5, 5.41) is 7.48. The first kappa shape index (κ1) is 15.0. The van der Waals surface area contributed by atoms with E-state index in [2.05, 4.69) is 23.8 Å². The van der Waals surface area contributed by atoms with E-state index >= 15 is 0 Å². The third-order valence-electron chi connectivity index (χ3n) is 3.37. The molecule has 0 aliphatic rings. The topological polar surface area (TPSA) is 84.9 Å². The standard InChI is InChI=1S/C16H20N4O/c1-4-10(2)12-7-5-6-8-14(12)21-16-19-11(3)9-13(20-16)15(17)18/h5-10H,4H2,1-3H3,(H3,17,18). The van der Waals surface area contributed by atoms with Crippen molar-refractivity contribution in [3.63, 3.8) is 0 Å². The van der Waals surface area contributed by atoms with E-state index in [1.54, 1.807) is 6.07 Å². The summed E-state index contributed by atoms with van der Waals surface area (Å²) in [7, 11) is 0. The van der Waals surface area contributed by atoms with E-state index in [-0.39, 0.29) is 11.8 Å². The predicted octanol–water partition coefficient (Wildman–Crippen LogP) is 3.37.